The van der Waals surface area contributed by atoms with Crippen LogP contribution in [0.4, 0.5) is 0 Å². The summed E-state index contributed by atoms with van der Waals surface area (Å²) in [6.45, 7) is 3.39. The predicted molar refractivity (Wildman–Crippen MR) is 72.5 cm³/mol. The van der Waals surface area contributed by atoms with E-state index in [1.807, 2.05) is 32.2 Å². The molecule has 1 aromatic heterocycles. The number of hydrogen-bond acceptors (Lipinski definition) is 4. The number of nitrogens with zero attached hydrogens (tertiary/aromatic N) is 3. The van der Waals surface area contributed by atoms with E-state index < -0.39 is 0 Å². The second kappa shape index (κ2) is 5.11. The second-order valence-electron chi connectivity index (χ2n) is 4.82. The van der Waals surface area contributed by atoms with Crippen molar-refractivity contribution in [1.29, 1.82) is 0 Å². The lowest BCUT2D eigenvalue weighted by Crippen LogP contribution is -2.32. The van der Waals surface area contributed by atoms with E-state index in [1.54, 1.807) is 0 Å². The average Bonchev–Trinajstić information content (AvgIpc) is 3.05. The highest BCUT2D eigenvalue weighted by atomic mass is 16.5. The highest BCUT2D eigenvalue weighted by molar-refractivity contribution is 5.34. The Morgan fingerprint density at radius 2 is 2.00 bits per heavy atom. The maximum absolute atomic E-state index is 5.57. The minimum absolute atomic E-state index is 0.242. The van der Waals surface area contributed by atoms with Gasteiger partial charge in [-0.1, -0.05) is 18.2 Å². The van der Waals surface area contributed by atoms with Crippen LogP contribution in [0, 0.1) is 6.92 Å². The molecule has 0 radical (unpaired) electrons. The molecule has 1 N–H and O–H groups in total. The van der Waals surface area contributed by atoms with Crippen molar-refractivity contribution in [2.24, 2.45) is 0 Å². The second-order valence-corrected chi connectivity index (χ2v) is 4.82. The summed E-state index contributed by atoms with van der Waals surface area (Å²) >= 11 is 0. The number of para-hydroxylation sites is 1. The molecule has 2 atom stereocenters. The summed E-state index contributed by atoms with van der Waals surface area (Å²) in [6.07, 6.45) is 0. The van der Waals surface area contributed by atoms with Crippen molar-refractivity contribution in [1.82, 2.24) is 20.1 Å². The van der Waals surface area contributed by atoms with Gasteiger partial charge in [-0.3, -0.25) is 4.57 Å². The Kier molecular flexibility index (Phi) is 3.31. The highest BCUT2D eigenvalue weighted by Crippen LogP contribution is 2.26. The van der Waals surface area contributed by atoms with Gasteiger partial charge in [0, 0.05) is 11.7 Å². The average molecular weight is 258 g/mol. The molecule has 2 heterocycles. The van der Waals surface area contributed by atoms with Gasteiger partial charge in [-0.25, -0.2) is 0 Å². The highest BCUT2D eigenvalue weighted by Gasteiger charge is 2.33. The molecule has 1 aliphatic rings. The number of aromatic nitrogens is 3. The number of rotatable bonds is 3. The Bertz CT molecular complexity index is 552. The van der Waals surface area contributed by atoms with Crippen LogP contribution < -0.4 is 5.32 Å². The van der Waals surface area contributed by atoms with Gasteiger partial charge in [-0.15, -0.1) is 10.2 Å². The lowest BCUT2D eigenvalue weighted by atomic mass is 10.0. The van der Waals surface area contributed by atoms with Gasteiger partial charge in [0.1, 0.15) is 11.6 Å². The summed E-state index contributed by atoms with van der Waals surface area (Å²) in [5, 5.41) is 11.9. The first-order chi connectivity index (χ1) is 9.31. The van der Waals surface area contributed by atoms with E-state index in [1.165, 1.54) is 0 Å². The fourth-order valence-corrected chi connectivity index (χ4v) is 2.61. The molecule has 0 spiro atoms. The largest absolute Gasteiger partial charge is 0.379 e. The summed E-state index contributed by atoms with van der Waals surface area (Å²) in [6, 6.07) is 10.5. The van der Waals surface area contributed by atoms with Crippen molar-refractivity contribution < 1.29 is 4.74 Å². The third-order valence-corrected chi connectivity index (χ3v) is 3.65. The molecule has 1 saturated heterocycles. The fraction of sp³-hybridized carbons (Fsp3) is 0.429. The van der Waals surface area contributed by atoms with Crippen LogP contribution in [0.2, 0.25) is 0 Å². The minimum atomic E-state index is 0.242. The van der Waals surface area contributed by atoms with Crippen LogP contribution in [-0.2, 0) is 4.74 Å². The Balaban J connectivity index is 2.04. The molecule has 5 heteroatoms. The van der Waals surface area contributed by atoms with Gasteiger partial charge in [0.15, 0.2) is 0 Å². The van der Waals surface area contributed by atoms with E-state index in [0.717, 1.165) is 23.9 Å². The Morgan fingerprint density at radius 3 is 2.74 bits per heavy atom. The molecule has 0 aliphatic carbocycles. The van der Waals surface area contributed by atoms with E-state index in [-0.39, 0.29) is 5.92 Å². The van der Waals surface area contributed by atoms with Crippen molar-refractivity contribution in [3.05, 3.63) is 42.0 Å². The molecule has 1 fully saturated rings. The van der Waals surface area contributed by atoms with Crippen LogP contribution >= 0.6 is 0 Å². The van der Waals surface area contributed by atoms with E-state index in [9.17, 15) is 0 Å². The zero-order valence-corrected chi connectivity index (χ0v) is 11.2. The number of likely N-dealkylation sites (N-methyl/N-ethyl adjacent to an activating group) is 1. The molecule has 1 aliphatic heterocycles. The Labute approximate surface area is 112 Å². The smallest absolute Gasteiger partial charge is 0.144 e. The molecule has 0 saturated carbocycles. The predicted octanol–water partition coefficient (Wildman–Crippen LogP) is 1.28. The number of nitrogens with one attached hydrogen (secondary N) is 1. The standard InChI is InChI=1S/C14H18N4O/c1-10-16-17-14(12-8-19-9-13(12)15-2)18(10)11-6-4-3-5-7-11/h3-7,12-13,15H,8-9H2,1-2H3. The lowest BCUT2D eigenvalue weighted by Gasteiger charge is -2.17. The maximum atomic E-state index is 5.57. The summed E-state index contributed by atoms with van der Waals surface area (Å²) in [5.41, 5.74) is 1.10. The van der Waals surface area contributed by atoms with Crippen molar-refractivity contribution in [2.45, 2.75) is 18.9 Å². The SMILES string of the molecule is CNC1COCC1c1nnc(C)n1-c1ccccc1. The fourth-order valence-electron chi connectivity index (χ4n) is 2.61. The first-order valence-corrected chi connectivity index (χ1v) is 6.53. The molecule has 5 nitrogen and oxygen atoms in total. The van der Waals surface area contributed by atoms with Crippen molar-refractivity contribution in [3.8, 4) is 5.69 Å². The lowest BCUT2D eigenvalue weighted by molar-refractivity contribution is 0.188. The van der Waals surface area contributed by atoms with Crippen molar-refractivity contribution >= 4 is 0 Å². The van der Waals surface area contributed by atoms with Gasteiger partial charge in [-0.2, -0.15) is 0 Å². The zero-order valence-electron chi connectivity index (χ0n) is 11.2. The van der Waals surface area contributed by atoms with Gasteiger partial charge < -0.3 is 10.1 Å². The van der Waals surface area contributed by atoms with Crippen LogP contribution in [0.1, 0.15) is 17.6 Å². The number of benzene rings is 1. The number of aryl methyl sites for hydroxylation is 1. The third kappa shape index (κ3) is 2.15. The summed E-state index contributed by atoms with van der Waals surface area (Å²) in [5.74, 6) is 2.12. The van der Waals surface area contributed by atoms with Gasteiger partial charge in [0.25, 0.3) is 0 Å². The van der Waals surface area contributed by atoms with Gasteiger partial charge in [0.2, 0.25) is 0 Å². The van der Waals surface area contributed by atoms with E-state index in [0.29, 0.717) is 12.6 Å². The van der Waals surface area contributed by atoms with Crippen LogP contribution in [0.5, 0.6) is 0 Å². The normalized spacial score (nSPS) is 22.8. The molecule has 3 rings (SSSR count). The molecule has 19 heavy (non-hydrogen) atoms. The van der Waals surface area contributed by atoms with Crippen LogP contribution in [0.25, 0.3) is 5.69 Å². The molecular weight excluding hydrogens is 240 g/mol. The summed E-state index contributed by atoms with van der Waals surface area (Å²) < 4.78 is 7.69. The van der Waals surface area contributed by atoms with E-state index >= 15 is 0 Å². The van der Waals surface area contributed by atoms with Crippen LogP contribution in [0.15, 0.2) is 30.3 Å². The van der Waals surface area contributed by atoms with Crippen molar-refractivity contribution in [3.63, 3.8) is 0 Å². The molecule has 100 valence electrons. The number of hydrogen-bond donors (Lipinski definition) is 1. The molecule has 1 aromatic carbocycles. The van der Waals surface area contributed by atoms with Gasteiger partial charge >= 0.3 is 0 Å². The maximum Gasteiger partial charge on any atom is 0.144 e. The topological polar surface area (TPSA) is 52.0 Å². The monoisotopic (exact) mass is 258 g/mol. The summed E-state index contributed by atoms with van der Waals surface area (Å²) in [4.78, 5) is 0. The van der Waals surface area contributed by atoms with Crippen LogP contribution in [0.3, 0.4) is 0 Å². The quantitative estimate of drug-likeness (QED) is 0.901. The summed E-state index contributed by atoms with van der Waals surface area (Å²) in [7, 11) is 1.96. The van der Waals surface area contributed by atoms with Gasteiger partial charge in [0.05, 0.1) is 19.1 Å². The third-order valence-electron chi connectivity index (χ3n) is 3.65. The first kappa shape index (κ1) is 12.3. The number of ether oxygens (including phenoxy) is 1. The molecular formula is C14H18N4O. The molecule has 0 bridgehead atoms. The molecule has 2 aromatic rings. The van der Waals surface area contributed by atoms with Gasteiger partial charge in [-0.05, 0) is 26.1 Å². The van der Waals surface area contributed by atoms with Crippen molar-refractivity contribution in [2.75, 3.05) is 20.3 Å². The molecule has 2 unspecified atom stereocenters. The zero-order chi connectivity index (χ0) is 13.2. The van der Waals surface area contributed by atoms with E-state index in [2.05, 4.69) is 32.2 Å². The molecule has 0 amide bonds. The van der Waals surface area contributed by atoms with E-state index in [4.69, 9.17) is 4.74 Å². The first-order valence-electron chi connectivity index (χ1n) is 6.53. The Morgan fingerprint density at radius 1 is 1.21 bits per heavy atom. The Hall–Kier alpha value is -1.72. The van der Waals surface area contributed by atoms with Crippen LogP contribution in [-0.4, -0.2) is 41.1 Å². The minimum Gasteiger partial charge on any atom is -0.379 e.